The second-order valence-corrected chi connectivity index (χ2v) is 7.64. The Morgan fingerprint density at radius 3 is 2.70 bits per heavy atom. The van der Waals surface area contributed by atoms with Crippen molar-refractivity contribution in [2.24, 2.45) is 0 Å². The number of benzene rings is 2. The number of ether oxygens (including phenoxy) is 3. The Bertz CT molecular complexity index is 827. The Labute approximate surface area is 166 Å². The third kappa shape index (κ3) is 5.55. The summed E-state index contributed by atoms with van der Waals surface area (Å²) < 4.78 is 15.6. The summed E-state index contributed by atoms with van der Waals surface area (Å²) in [6.07, 6.45) is 0. The van der Waals surface area contributed by atoms with Crippen LogP contribution in [-0.4, -0.2) is 30.5 Å². The quantitative estimate of drug-likeness (QED) is 0.560. The standard InChI is InChI=1S/C19H18ClNO5S/c1-12(27-15-5-3-14(20)4-6-15)19(23)24-10-18(22)21-9-13-2-7-16-17(8-13)26-11-25-16/h2-8,12H,9-11H2,1H3,(H,21,22)/t12-/m0/s1. The highest BCUT2D eigenvalue weighted by molar-refractivity contribution is 8.00. The van der Waals surface area contributed by atoms with Gasteiger partial charge in [0, 0.05) is 16.5 Å². The van der Waals surface area contributed by atoms with Gasteiger partial charge in [0.05, 0.1) is 0 Å². The van der Waals surface area contributed by atoms with E-state index in [9.17, 15) is 9.59 Å². The van der Waals surface area contributed by atoms with Gasteiger partial charge < -0.3 is 19.5 Å². The summed E-state index contributed by atoms with van der Waals surface area (Å²) in [5.41, 5.74) is 0.866. The number of hydrogen-bond donors (Lipinski definition) is 1. The molecule has 1 N–H and O–H groups in total. The molecule has 2 aromatic carbocycles. The molecule has 8 heteroatoms. The number of esters is 1. The first kappa shape index (κ1) is 19.4. The van der Waals surface area contributed by atoms with E-state index in [1.54, 1.807) is 31.2 Å². The van der Waals surface area contributed by atoms with Crippen LogP contribution in [-0.2, 0) is 20.9 Å². The summed E-state index contributed by atoms with van der Waals surface area (Å²) in [5, 5.41) is 2.90. The molecule has 2 aromatic rings. The van der Waals surface area contributed by atoms with E-state index in [1.807, 2.05) is 18.2 Å². The van der Waals surface area contributed by atoms with E-state index in [0.717, 1.165) is 10.5 Å². The average molecular weight is 408 g/mol. The Morgan fingerprint density at radius 1 is 1.19 bits per heavy atom. The fourth-order valence-electron chi connectivity index (χ4n) is 2.32. The highest BCUT2D eigenvalue weighted by Crippen LogP contribution is 2.32. The van der Waals surface area contributed by atoms with Crippen LogP contribution in [0.25, 0.3) is 0 Å². The monoisotopic (exact) mass is 407 g/mol. The van der Waals surface area contributed by atoms with E-state index in [2.05, 4.69) is 5.32 Å². The molecule has 1 heterocycles. The third-order valence-electron chi connectivity index (χ3n) is 3.73. The molecule has 0 fully saturated rings. The van der Waals surface area contributed by atoms with Gasteiger partial charge in [-0.25, -0.2) is 0 Å². The summed E-state index contributed by atoms with van der Waals surface area (Å²) in [4.78, 5) is 24.8. The van der Waals surface area contributed by atoms with Gasteiger partial charge in [-0.1, -0.05) is 17.7 Å². The minimum Gasteiger partial charge on any atom is -0.455 e. The largest absolute Gasteiger partial charge is 0.455 e. The van der Waals surface area contributed by atoms with Crippen LogP contribution in [0.2, 0.25) is 5.02 Å². The molecule has 0 spiro atoms. The molecule has 0 unspecified atom stereocenters. The van der Waals surface area contributed by atoms with E-state index in [0.29, 0.717) is 23.1 Å². The fraction of sp³-hybridized carbons (Fsp3) is 0.263. The molecule has 0 aromatic heterocycles. The second kappa shape index (κ2) is 9.01. The zero-order valence-electron chi connectivity index (χ0n) is 14.6. The molecule has 1 aliphatic heterocycles. The Hall–Kier alpha value is -2.38. The minimum atomic E-state index is -0.451. The van der Waals surface area contributed by atoms with Gasteiger partial charge in [-0.15, -0.1) is 11.8 Å². The van der Waals surface area contributed by atoms with E-state index in [1.165, 1.54) is 11.8 Å². The van der Waals surface area contributed by atoms with Gasteiger partial charge in [-0.2, -0.15) is 0 Å². The first-order valence-electron chi connectivity index (χ1n) is 8.25. The smallest absolute Gasteiger partial charge is 0.319 e. The van der Waals surface area contributed by atoms with Crippen molar-refractivity contribution in [1.82, 2.24) is 5.32 Å². The van der Waals surface area contributed by atoms with Crippen molar-refractivity contribution in [3.63, 3.8) is 0 Å². The molecule has 3 rings (SSSR count). The van der Waals surface area contributed by atoms with Gasteiger partial charge in [0.2, 0.25) is 6.79 Å². The van der Waals surface area contributed by atoms with Crippen molar-refractivity contribution in [3.8, 4) is 11.5 Å². The topological polar surface area (TPSA) is 73.9 Å². The summed E-state index contributed by atoms with van der Waals surface area (Å²) in [5.74, 6) is 0.519. The van der Waals surface area contributed by atoms with Gasteiger partial charge in [0.15, 0.2) is 18.1 Å². The van der Waals surface area contributed by atoms with Crippen LogP contribution in [0.3, 0.4) is 0 Å². The molecule has 1 aliphatic rings. The van der Waals surface area contributed by atoms with Crippen LogP contribution in [0.4, 0.5) is 0 Å². The number of rotatable bonds is 7. The zero-order chi connectivity index (χ0) is 19.2. The molecule has 27 heavy (non-hydrogen) atoms. The molecular formula is C19H18ClNO5S. The van der Waals surface area contributed by atoms with Gasteiger partial charge in [0.25, 0.3) is 5.91 Å². The highest BCUT2D eigenvalue weighted by Gasteiger charge is 2.18. The van der Waals surface area contributed by atoms with E-state index in [-0.39, 0.29) is 19.3 Å². The molecule has 0 saturated heterocycles. The summed E-state index contributed by atoms with van der Waals surface area (Å²) in [6, 6.07) is 12.6. The molecule has 0 aliphatic carbocycles. The van der Waals surface area contributed by atoms with Gasteiger partial charge >= 0.3 is 5.97 Å². The number of thioether (sulfide) groups is 1. The van der Waals surface area contributed by atoms with Crippen molar-refractivity contribution >= 4 is 35.2 Å². The van der Waals surface area contributed by atoms with Crippen molar-refractivity contribution in [1.29, 1.82) is 0 Å². The number of hydrogen-bond acceptors (Lipinski definition) is 6. The van der Waals surface area contributed by atoms with E-state index < -0.39 is 11.2 Å². The van der Waals surface area contributed by atoms with Crippen LogP contribution in [0.15, 0.2) is 47.4 Å². The summed E-state index contributed by atoms with van der Waals surface area (Å²) in [7, 11) is 0. The maximum absolute atomic E-state index is 12.0. The molecule has 0 saturated carbocycles. The summed E-state index contributed by atoms with van der Waals surface area (Å²) >= 11 is 7.18. The van der Waals surface area contributed by atoms with Crippen molar-refractivity contribution in [3.05, 3.63) is 53.1 Å². The minimum absolute atomic E-state index is 0.202. The van der Waals surface area contributed by atoms with E-state index in [4.69, 9.17) is 25.8 Å². The predicted octanol–water partition coefficient (Wildman–Crippen LogP) is 3.41. The van der Waals surface area contributed by atoms with E-state index >= 15 is 0 Å². The van der Waals surface area contributed by atoms with Crippen molar-refractivity contribution in [2.75, 3.05) is 13.4 Å². The van der Waals surface area contributed by atoms with Crippen molar-refractivity contribution in [2.45, 2.75) is 23.6 Å². The van der Waals surface area contributed by atoms with Crippen LogP contribution >= 0.6 is 23.4 Å². The molecular weight excluding hydrogens is 390 g/mol. The maximum atomic E-state index is 12.0. The first-order chi connectivity index (χ1) is 13.0. The highest BCUT2D eigenvalue weighted by atomic mass is 35.5. The lowest BCUT2D eigenvalue weighted by Crippen LogP contribution is -2.30. The number of amides is 1. The molecule has 1 amide bonds. The number of carbonyl (C=O) groups is 2. The van der Waals surface area contributed by atoms with Gasteiger partial charge in [0.1, 0.15) is 5.25 Å². The SMILES string of the molecule is C[C@H](Sc1ccc(Cl)cc1)C(=O)OCC(=O)NCc1ccc2c(c1)OCO2. The lowest BCUT2D eigenvalue weighted by Gasteiger charge is -2.11. The Balaban J connectivity index is 1.40. The molecule has 6 nitrogen and oxygen atoms in total. The molecule has 0 radical (unpaired) electrons. The molecule has 1 atom stereocenters. The van der Waals surface area contributed by atoms with Gasteiger partial charge in [-0.05, 0) is 48.9 Å². The second-order valence-electron chi connectivity index (χ2n) is 5.79. The summed E-state index contributed by atoms with van der Waals surface area (Å²) in [6.45, 7) is 1.91. The Kier molecular flexibility index (Phi) is 6.47. The third-order valence-corrected chi connectivity index (χ3v) is 5.07. The number of nitrogens with one attached hydrogen (secondary N) is 1. The lowest BCUT2D eigenvalue weighted by molar-refractivity contribution is -0.147. The predicted molar refractivity (Wildman–Crippen MR) is 102 cm³/mol. The maximum Gasteiger partial charge on any atom is 0.319 e. The molecule has 142 valence electrons. The zero-order valence-corrected chi connectivity index (χ0v) is 16.1. The Morgan fingerprint density at radius 2 is 1.93 bits per heavy atom. The van der Waals surface area contributed by atoms with Crippen LogP contribution in [0.1, 0.15) is 12.5 Å². The average Bonchev–Trinajstić information content (AvgIpc) is 3.14. The number of fused-ring (bicyclic) bond motifs is 1. The fourth-order valence-corrected chi connectivity index (χ4v) is 3.31. The van der Waals surface area contributed by atoms with Crippen LogP contribution in [0, 0.1) is 0 Å². The van der Waals surface area contributed by atoms with Crippen molar-refractivity contribution < 1.29 is 23.8 Å². The number of carbonyl (C=O) groups excluding carboxylic acids is 2. The first-order valence-corrected chi connectivity index (χ1v) is 9.51. The van der Waals surface area contributed by atoms with Crippen LogP contribution in [0.5, 0.6) is 11.5 Å². The van der Waals surface area contributed by atoms with Crippen LogP contribution < -0.4 is 14.8 Å². The molecule has 0 bridgehead atoms. The lowest BCUT2D eigenvalue weighted by atomic mass is 10.2. The number of halogens is 1. The van der Waals surface area contributed by atoms with Gasteiger partial charge in [-0.3, -0.25) is 9.59 Å². The normalized spacial score (nSPS) is 13.1.